The zero-order valence-corrected chi connectivity index (χ0v) is 8.30. The van der Waals surface area contributed by atoms with Gasteiger partial charge in [-0.25, -0.2) is 0 Å². The zero-order valence-electron chi connectivity index (χ0n) is 7.54. The van der Waals surface area contributed by atoms with Gasteiger partial charge in [-0.15, -0.1) is 11.6 Å². The van der Waals surface area contributed by atoms with E-state index in [2.05, 4.69) is 0 Å². The van der Waals surface area contributed by atoms with Gasteiger partial charge in [-0.2, -0.15) is 0 Å². The molecule has 0 aliphatic rings. The van der Waals surface area contributed by atoms with Gasteiger partial charge in [0.1, 0.15) is 11.1 Å². The lowest BCUT2D eigenvalue weighted by Crippen LogP contribution is -2.01. The van der Waals surface area contributed by atoms with E-state index in [-0.39, 0.29) is 11.5 Å². The number of carbonyl (C=O) groups is 1. The van der Waals surface area contributed by atoms with E-state index in [1.54, 1.807) is 25.1 Å². The number of hydrogen-bond donors (Lipinski definition) is 1. The Bertz CT molecular complexity index is 334. The number of phenolic OH excluding ortho intramolecular Hbond substituents is 1. The number of rotatable bonds is 2. The second-order valence-electron chi connectivity index (χ2n) is 3.02. The highest BCUT2D eigenvalue weighted by Crippen LogP contribution is 2.25. The predicted octanol–water partition coefficient (Wildman–Crippen LogP) is 2.57. The molecule has 0 radical (unpaired) electrons. The van der Waals surface area contributed by atoms with E-state index in [4.69, 9.17) is 11.6 Å². The summed E-state index contributed by atoms with van der Waals surface area (Å²) >= 11 is 5.83. The first-order valence-electron chi connectivity index (χ1n) is 3.96. The third-order valence-electron chi connectivity index (χ3n) is 1.87. The van der Waals surface area contributed by atoms with E-state index >= 15 is 0 Å². The maximum absolute atomic E-state index is 10.9. The van der Waals surface area contributed by atoms with Crippen LogP contribution >= 0.6 is 11.6 Å². The summed E-state index contributed by atoms with van der Waals surface area (Å²) in [6.45, 7) is 3.21. The second-order valence-corrected chi connectivity index (χ2v) is 3.46. The summed E-state index contributed by atoms with van der Waals surface area (Å²) in [5, 5.41) is 8.62. The Morgan fingerprint density at radius 2 is 2.15 bits per heavy atom. The molecule has 3 heteroatoms. The summed E-state index contributed by atoms with van der Waals surface area (Å²) in [6.07, 6.45) is 0. The van der Waals surface area contributed by atoms with Crippen molar-refractivity contribution in [3.05, 3.63) is 29.3 Å². The van der Waals surface area contributed by atoms with E-state index in [0.717, 1.165) is 11.1 Å². The first-order chi connectivity index (χ1) is 6.02. The van der Waals surface area contributed by atoms with Gasteiger partial charge < -0.3 is 5.11 Å². The molecule has 1 rings (SSSR count). The molecule has 0 bridgehead atoms. The van der Waals surface area contributed by atoms with Gasteiger partial charge in [0.15, 0.2) is 5.78 Å². The van der Waals surface area contributed by atoms with Crippen LogP contribution in [0, 0.1) is 6.92 Å². The van der Waals surface area contributed by atoms with Crippen molar-refractivity contribution in [3.8, 4) is 5.75 Å². The lowest BCUT2D eigenvalue weighted by molar-refractivity contribution is -0.116. The highest BCUT2D eigenvalue weighted by Gasteiger charge is 2.13. The van der Waals surface area contributed by atoms with E-state index in [9.17, 15) is 9.90 Å². The molecule has 0 saturated carbocycles. The smallest absolute Gasteiger partial charge is 0.152 e. The Hall–Kier alpha value is -1.02. The van der Waals surface area contributed by atoms with Crippen LogP contribution in [-0.4, -0.2) is 10.9 Å². The third-order valence-corrected chi connectivity index (χ3v) is 2.43. The highest BCUT2D eigenvalue weighted by atomic mass is 35.5. The van der Waals surface area contributed by atoms with Crippen molar-refractivity contribution < 1.29 is 9.90 Å². The molecule has 1 aromatic rings. The minimum atomic E-state index is -0.612. The Kier molecular flexibility index (Phi) is 2.94. The van der Waals surface area contributed by atoms with Crippen molar-refractivity contribution in [2.75, 3.05) is 0 Å². The number of halogens is 1. The van der Waals surface area contributed by atoms with E-state index < -0.39 is 5.38 Å². The Labute approximate surface area is 82.2 Å². The fourth-order valence-electron chi connectivity index (χ4n) is 1.07. The normalized spacial score (nSPS) is 12.5. The average molecular weight is 199 g/mol. The van der Waals surface area contributed by atoms with Crippen LogP contribution in [0.25, 0.3) is 0 Å². The molecule has 1 aromatic carbocycles. The van der Waals surface area contributed by atoms with Gasteiger partial charge in [0, 0.05) is 0 Å². The number of ketones is 1. The Balaban J connectivity index is 3.03. The SMILES string of the molecule is CC(=O)C(Cl)c1ccc(O)c(C)c1. The summed E-state index contributed by atoms with van der Waals surface area (Å²) < 4.78 is 0. The lowest BCUT2D eigenvalue weighted by Gasteiger charge is -2.07. The third kappa shape index (κ3) is 2.22. The first-order valence-corrected chi connectivity index (χ1v) is 4.40. The van der Waals surface area contributed by atoms with Crippen molar-refractivity contribution in [1.29, 1.82) is 0 Å². The van der Waals surface area contributed by atoms with Crippen LogP contribution in [0.5, 0.6) is 5.75 Å². The fraction of sp³-hybridized carbons (Fsp3) is 0.300. The molecule has 70 valence electrons. The van der Waals surface area contributed by atoms with Gasteiger partial charge in [-0.1, -0.05) is 12.1 Å². The van der Waals surface area contributed by atoms with Crippen LogP contribution in [0.1, 0.15) is 23.4 Å². The summed E-state index contributed by atoms with van der Waals surface area (Å²) in [7, 11) is 0. The molecule has 0 amide bonds. The second kappa shape index (κ2) is 3.79. The molecular weight excluding hydrogens is 188 g/mol. The lowest BCUT2D eigenvalue weighted by atomic mass is 10.1. The van der Waals surface area contributed by atoms with Crippen molar-refractivity contribution in [2.24, 2.45) is 0 Å². The Morgan fingerprint density at radius 1 is 1.54 bits per heavy atom. The largest absolute Gasteiger partial charge is 0.508 e. The van der Waals surface area contributed by atoms with Gasteiger partial charge in [0.2, 0.25) is 0 Å². The molecule has 1 atom stereocenters. The number of aromatic hydroxyl groups is 1. The van der Waals surface area contributed by atoms with Crippen LogP contribution in [0.4, 0.5) is 0 Å². The highest BCUT2D eigenvalue weighted by molar-refractivity contribution is 6.30. The van der Waals surface area contributed by atoms with Crippen molar-refractivity contribution >= 4 is 17.4 Å². The van der Waals surface area contributed by atoms with Crippen LogP contribution in [0.15, 0.2) is 18.2 Å². The van der Waals surface area contributed by atoms with Crippen molar-refractivity contribution in [2.45, 2.75) is 19.2 Å². The number of benzene rings is 1. The summed E-state index contributed by atoms with van der Waals surface area (Å²) in [5.41, 5.74) is 1.45. The fourth-order valence-corrected chi connectivity index (χ4v) is 1.21. The van der Waals surface area contributed by atoms with Crippen LogP contribution in [-0.2, 0) is 4.79 Å². The molecular formula is C10H11ClO2. The maximum atomic E-state index is 10.9. The zero-order chi connectivity index (χ0) is 10.0. The monoisotopic (exact) mass is 198 g/mol. The number of Topliss-reactive ketones (excluding diaryl/α,β-unsaturated/α-hetero) is 1. The van der Waals surface area contributed by atoms with Gasteiger partial charge in [-0.05, 0) is 31.0 Å². The van der Waals surface area contributed by atoms with Crippen molar-refractivity contribution in [1.82, 2.24) is 0 Å². The number of hydrogen-bond acceptors (Lipinski definition) is 2. The molecule has 0 aliphatic carbocycles. The molecule has 1 unspecified atom stereocenters. The van der Waals surface area contributed by atoms with Crippen molar-refractivity contribution in [3.63, 3.8) is 0 Å². The number of phenols is 1. The topological polar surface area (TPSA) is 37.3 Å². The molecule has 1 N–H and O–H groups in total. The maximum Gasteiger partial charge on any atom is 0.152 e. The standard InChI is InChI=1S/C10H11ClO2/c1-6-5-8(3-4-9(6)13)10(11)7(2)12/h3-5,10,13H,1-2H3. The molecule has 2 nitrogen and oxygen atoms in total. The quantitative estimate of drug-likeness (QED) is 0.742. The van der Waals surface area contributed by atoms with Crippen LogP contribution in [0.3, 0.4) is 0 Å². The summed E-state index contributed by atoms with van der Waals surface area (Å²) in [5.74, 6) is 0.128. The van der Waals surface area contributed by atoms with E-state index in [1.165, 1.54) is 6.92 Å². The van der Waals surface area contributed by atoms with Gasteiger partial charge in [-0.3, -0.25) is 4.79 Å². The molecule has 0 saturated heterocycles. The molecule has 0 fully saturated rings. The number of carbonyl (C=O) groups excluding carboxylic acids is 1. The van der Waals surface area contributed by atoms with Gasteiger partial charge in [0.25, 0.3) is 0 Å². The van der Waals surface area contributed by atoms with Crippen LogP contribution in [0.2, 0.25) is 0 Å². The minimum absolute atomic E-state index is 0.0910. The molecule has 0 aliphatic heterocycles. The van der Waals surface area contributed by atoms with Gasteiger partial charge >= 0.3 is 0 Å². The molecule has 0 heterocycles. The Morgan fingerprint density at radius 3 is 2.62 bits per heavy atom. The van der Waals surface area contributed by atoms with E-state index in [1.807, 2.05) is 0 Å². The first kappa shape index (κ1) is 10.1. The molecule has 0 spiro atoms. The van der Waals surface area contributed by atoms with Gasteiger partial charge in [0.05, 0.1) is 0 Å². The molecule has 0 aromatic heterocycles. The summed E-state index contributed by atoms with van der Waals surface area (Å²) in [6, 6.07) is 4.92. The average Bonchev–Trinajstić information content (AvgIpc) is 2.08. The number of aryl methyl sites for hydroxylation is 1. The summed E-state index contributed by atoms with van der Waals surface area (Å²) in [4.78, 5) is 10.9. The van der Waals surface area contributed by atoms with E-state index in [0.29, 0.717) is 0 Å². The molecule has 13 heavy (non-hydrogen) atoms. The van der Waals surface area contributed by atoms with Crippen LogP contribution < -0.4 is 0 Å². The minimum Gasteiger partial charge on any atom is -0.508 e. The number of alkyl halides is 1. The predicted molar refractivity (Wildman–Crippen MR) is 52.1 cm³/mol.